The van der Waals surface area contributed by atoms with Gasteiger partial charge in [-0.15, -0.1) is 0 Å². The average molecular weight is 281 g/mol. The van der Waals surface area contributed by atoms with Gasteiger partial charge in [0, 0.05) is 11.8 Å². The molecule has 0 spiro atoms. The van der Waals surface area contributed by atoms with Gasteiger partial charge in [0.1, 0.15) is 5.82 Å². The van der Waals surface area contributed by atoms with Crippen molar-refractivity contribution >= 4 is 10.9 Å². The quantitative estimate of drug-likeness (QED) is 0.788. The zero-order valence-corrected chi connectivity index (χ0v) is 11.8. The lowest BCUT2D eigenvalue weighted by molar-refractivity contribution is 0.174. The molecule has 0 bridgehead atoms. The summed E-state index contributed by atoms with van der Waals surface area (Å²) in [6, 6.07) is 16.0. The van der Waals surface area contributed by atoms with Crippen LogP contribution in [0.25, 0.3) is 10.9 Å². The number of aliphatic hydroxyl groups is 1. The zero-order chi connectivity index (χ0) is 14.8. The van der Waals surface area contributed by atoms with Gasteiger partial charge in [-0.05, 0) is 42.3 Å². The van der Waals surface area contributed by atoms with Gasteiger partial charge in [0.2, 0.25) is 0 Å². The average Bonchev–Trinajstić information content (AvgIpc) is 2.49. The van der Waals surface area contributed by atoms with Gasteiger partial charge in [-0.3, -0.25) is 4.98 Å². The molecule has 0 fully saturated rings. The minimum Gasteiger partial charge on any atom is -0.386 e. The summed E-state index contributed by atoms with van der Waals surface area (Å²) >= 11 is 0. The molecule has 0 aliphatic rings. The summed E-state index contributed by atoms with van der Waals surface area (Å²) in [5, 5.41) is 11.5. The van der Waals surface area contributed by atoms with Gasteiger partial charge in [0.05, 0.1) is 17.3 Å². The highest BCUT2D eigenvalue weighted by atomic mass is 19.1. The molecule has 0 radical (unpaired) electrons. The smallest absolute Gasteiger partial charge is 0.123 e. The molecule has 0 aliphatic carbocycles. The first-order valence-corrected chi connectivity index (χ1v) is 6.92. The first kappa shape index (κ1) is 13.7. The second-order valence-electron chi connectivity index (χ2n) is 5.23. The van der Waals surface area contributed by atoms with Crippen LogP contribution in [0, 0.1) is 12.7 Å². The molecular formula is C18H16FNO. The Morgan fingerprint density at radius 3 is 2.57 bits per heavy atom. The third-order valence-electron chi connectivity index (χ3n) is 3.63. The van der Waals surface area contributed by atoms with E-state index in [0.717, 1.165) is 22.0 Å². The van der Waals surface area contributed by atoms with Crippen LogP contribution in [-0.2, 0) is 6.42 Å². The van der Waals surface area contributed by atoms with Gasteiger partial charge in [-0.25, -0.2) is 4.39 Å². The van der Waals surface area contributed by atoms with Crippen molar-refractivity contribution in [1.29, 1.82) is 0 Å². The van der Waals surface area contributed by atoms with Gasteiger partial charge in [-0.1, -0.05) is 30.3 Å². The fourth-order valence-electron chi connectivity index (χ4n) is 2.49. The summed E-state index contributed by atoms with van der Waals surface area (Å²) in [5.41, 5.74) is 3.51. The number of hydrogen-bond acceptors (Lipinski definition) is 2. The number of benzene rings is 2. The van der Waals surface area contributed by atoms with Crippen LogP contribution in [0.15, 0.2) is 54.6 Å². The highest BCUT2D eigenvalue weighted by Crippen LogP contribution is 2.23. The molecule has 1 N–H and O–H groups in total. The number of aryl methyl sites for hydroxylation is 1. The highest BCUT2D eigenvalue weighted by molar-refractivity contribution is 5.82. The highest BCUT2D eigenvalue weighted by Gasteiger charge is 2.12. The first-order chi connectivity index (χ1) is 10.1. The molecule has 1 atom stereocenters. The van der Waals surface area contributed by atoms with E-state index in [-0.39, 0.29) is 5.82 Å². The summed E-state index contributed by atoms with van der Waals surface area (Å²) in [5.74, 6) is -0.270. The molecule has 106 valence electrons. The van der Waals surface area contributed by atoms with Crippen molar-refractivity contribution in [1.82, 2.24) is 4.98 Å². The maximum Gasteiger partial charge on any atom is 0.123 e. The number of aromatic nitrogens is 1. The number of rotatable bonds is 3. The van der Waals surface area contributed by atoms with Crippen LogP contribution in [0.3, 0.4) is 0 Å². The Morgan fingerprint density at radius 1 is 1.10 bits per heavy atom. The molecular weight excluding hydrogens is 265 g/mol. The van der Waals surface area contributed by atoms with Crippen LogP contribution >= 0.6 is 0 Å². The Balaban J connectivity index is 1.90. The molecule has 0 amide bonds. The third-order valence-corrected chi connectivity index (χ3v) is 3.63. The summed E-state index contributed by atoms with van der Waals surface area (Å²) in [7, 11) is 0. The predicted molar refractivity (Wildman–Crippen MR) is 81.5 cm³/mol. The second kappa shape index (κ2) is 5.62. The third kappa shape index (κ3) is 2.93. The van der Waals surface area contributed by atoms with E-state index in [1.165, 1.54) is 12.1 Å². The number of pyridine rings is 1. The van der Waals surface area contributed by atoms with E-state index in [4.69, 9.17) is 0 Å². The number of fused-ring (bicyclic) bond motifs is 1. The fourth-order valence-corrected chi connectivity index (χ4v) is 2.49. The molecule has 0 aliphatic heterocycles. The Bertz CT molecular complexity index is 768. The van der Waals surface area contributed by atoms with Crippen molar-refractivity contribution in [3.8, 4) is 0 Å². The lowest BCUT2D eigenvalue weighted by Crippen LogP contribution is -2.05. The molecule has 1 heterocycles. The maximum atomic E-state index is 12.9. The second-order valence-corrected chi connectivity index (χ2v) is 5.23. The zero-order valence-electron chi connectivity index (χ0n) is 11.8. The Hall–Kier alpha value is -2.26. The fraction of sp³-hybridized carbons (Fsp3) is 0.167. The molecule has 0 saturated carbocycles. The molecule has 2 nitrogen and oxygen atoms in total. The lowest BCUT2D eigenvalue weighted by Gasteiger charge is -2.12. The lowest BCUT2D eigenvalue weighted by atomic mass is 10.0. The number of hydrogen-bond donors (Lipinski definition) is 1. The number of para-hydroxylation sites is 1. The van der Waals surface area contributed by atoms with Crippen molar-refractivity contribution in [3.63, 3.8) is 0 Å². The molecule has 1 unspecified atom stereocenters. The number of nitrogens with zero attached hydrogens (tertiary/aromatic N) is 1. The minimum atomic E-state index is -0.696. The number of halogens is 1. The van der Waals surface area contributed by atoms with E-state index in [1.807, 2.05) is 37.3 Å². The standard InChI is InChI=1S/C18H16FNO/c1-12-10-17(20-16-5-3-2-4-15(12)16)18(21)11-13-6-8-14(19)9-7-13/h2-10,18,21H,11H2,1H3. The molecule has 3 heteroatoms. The van der Waals surface area contributed by atoms with Gasteiger partial charge < -0.3 is 5.11 Å². The molecule has 0 saturated heterocycles. The Labute approximate surface area is 122 Å². The topological polar surface area (TPSA) is 33.1 Å². The largest absolute Gasteiger partial charge is 0.386 e. The maximum absolute atomic E-state index is 12.9. The normalized spacial score (nSPS) is 12.5. The van der Waals surface area contributed by atoms with Crippen LogP contribution in [0.2, 0.25) is 0 Å². The Morgan fingerprint density at radius 2 is 1.81 bits per heavy atom. The van der Waals surface area contributed by atoms with Crippen molar-refractivity contribution in [2.45, 2.75) is 19.4 Å². The molecule has 3 aromatic rings. The summed E-state index contributed by atoms with van der Waals surface area (Å²) in [6.07, 6.45) is -0.274. The Kier molecular flexibility index (Phi) is 3.67. The van der Waals surface area contributed by atoms with Crippen LogP contribution in [-0.4, -0.2) is 10.1 Å². The van der Waals surface area contributed by atoms with Crippen LogP contribution in [0.1, 0.15) is 22.9 Å². The van der Waals surface area contributed by atoms with Crippen molar-refractivity contribution in [2.24, 2.45) is 0 Å². The van der Waals surface area contributed by atoms with E-state index in [0.29, 0.717) is 12.1 Å². The van der Waals surface area contributed by atoms with Crippen molar-refractivity contribution in [2.75, 3.05) is 0 Å². The van der Waals surface area contributed by atoms with E-state index in [1.54, 1.807) is 12.1 Å². The van der Waals surface area contributed by atoms with Gasteiger partial charge >= 0.3 is 0 Å². The van der Waals surface area contributed by atoms with Crippen LogP contribution < -0.4 is 0 Å². The molecule has 1 aromatic heterocycles. The van der Waals surface area contributed by atoms with Crippen molar-refractivity contribution < 1.29 is 9.50 Å². The molecule has 3 rings (SSSR count). The monoisotopic (exact) mass is 281 g/mol. The number of aliphatic hydroxyl groups excluding tert-OH is 1. The van der Waals surface area contributed by atoms with E-state index in [9.17, 15) is 9.50 Å². The van der Waals surface area contributed by atoms with Gasteiger partial charge in [0.25, 0.3) is 0 Å². The van der Waals surface area contributed by atoms with E-state index >= 15 is 0 Å². The van der Waals surface area contributed by atoms with Crippen LogP contribution in [0.4, 0.5) is 4.39 Å². The van der Waals surface area contributed by atoms with Gasteiger partial charge in [0.15, 0.2) is 0 Å². The van der Waals surface area contributed by atoms with Crippen molar-refractivity contribution in [3.05, 3.63) is 77.2 Å². The predicted octanol–water partition coefficient (Wildman–Crippen LogP) is 3.96. The van der Waals surface area contributed by atoms with E-state index < -0.39 is 6.10 Å². The summed E-state index contributed by atoms with van der Waals surface area (Å²) in [6.45, 7) is 2.01. The van der Waals surface area contributed by atoms with E-state index in [2.05, 4.69) is 4.98 Å². The SMILES string of the molecule is Cc1cc(C(O)Cc2ccc(F)cc2)nc2ccccc12. The molecule has 21 heavy (non-hydrogen) atoms. The minimum absolute atomic E-state index is 0.270. The first-order valence-electron chi connectivity index (χ1n) is 6.92. The molecule has 2 aromatic carbocycles. The summed E-state index contributed by atoms with van der Waals surface area (Å²) in [4.78, 5) is 4.53. The van der Waals surface area contributed by atoms with Crippen LogP contribution in [0.5, 0.6) is 0 Å². The summed E-state index contributed by atoms with van der Waals surface area (Å²) < 4.78 is 12.9. The van der Waals surface area contributed by atoms with Gasteiger partial charge in [-0.2, -0.15) is 0 Å².